The van der Waals surface area contributed by atoms with Crippen molar-refractivity contribution < 1.29 is 9.53 Å². The van der Waals surface area contributed by atoms with E-state index in [0.29, 0.717) is 17.4 Å². The monoisotopic (exact) mass is 560 g/mol. The zero-order valence-electron chi connectivity index (χ0n) is 20.3. The minimum absolute atomic E-state index is 0.0500. The average Bonchev–Trinajstić information content (AvgIpc) is 3.19. The predicted octanol–water partition coefficient (Wildman–Crippen LogP) is 8.21. The van der Waals surface area contributed by atoms with Gasteiger partial charge in [-0.15, -0.1) is 0 Å². The number of para-hydroxylation sites is 1. The fourth-order valence-corrected chi connectivity index (χ4v) is 6.32. The SMILES string of the molecule is C[C@@H]1CCCC[C@@H]1N1C(=O)/C(=C/c2ccc(OCc3ccccc3)c(Br)c2)SC1=Nc1ccccc1. The second kappa shape index (κ2) is 11.5. The summed E-state index contributed by atoms with van der Waals surface area (Å²) in [7, 11) is 0. The van der Waals surface area contributed by atoms with Crippen LogP contribution >= 0.6 is 27.7 Å². The molecule has 0 bridgehead atoms. The lowest BCUT2D eigenvalue weighted by Crippen LogP contribution is -2.44. The molecule has 5 rings (SSSR count). The third kappa shape index (κ3) is 5.76. The lowest BCUT2D eigenvalue weighted by atomic mass is 9.85. The van der Waals surface area contributed by atoms with E-state index in [1.54, 1.807) is 0 Å². The molecule has 0 N–H and O–H groups in total. The number of ether oxygens (including phenoxy) is 1. The van der Waals surface area contributed by atoms with E-state index < -0.39 is 0 Å². The Morgan fingerprint density at radius 1 is 1.03 bits per heavy atom. The quantitative estimate of drug-likeness (QED) is 0.285. The maximum atomic E-state index is 13.7. The number of aliphatic imine (C=N–C) groups is 1. The number of nitrogens with zero attached hydrogens (tertiary/aromatic N) is 2. The highest BCUT2D eigenvalue weighted by Crippen LogP contribution is 2.40. The van der Waals surface area contributed by atoms with Gasteiger partial charge in [0, 0.05) is 6.04 Å². The maximum absolute atomic E-state index is 13.7. The van der Waals surface area contributed by atoms with Gasteiger partial charge in [0.15, 0.2) is 5.17 Å². The van der Waals surface area contributed by atoms with Crippen molar-refractivity contribution in [3.8, 4) is 5.75 Å². The number of hydrogen-bond acceptors (Lipinski definition) is 4. The van der Waals surface area contributed by atoms with Gasteiger partial charge in [-0.25, -0.2) is 4.99 Å². The van der Waals surface area contributed by atoms with Gasteiger partial charge in [0.05, 0.1) is 15.1 Å². The van der Waals surface area contributed by atoms with Crippen LogP contribution in [0.5, 0.6) is 5.75 Å². The van der Waals surface area contributed by atoms with Gasteiger partial charge >= 0.3 is 0 Å². The average molecular weight is 562 g/mol. The molecule has 184 valence electrons. The smallest absolute Gasteiger partial charge is 0.267 e. The highest BCUT2D eigenvalue weighted by Gasteiger charge is 2.41. The van der Waals surface area contributed by atoms with Crippen LogP contribution in [0, 0.1) is 5.92 Å². The van der Waals surface area contributed by atoms with Crippen molar-refractivity contribution in [1.29, 1.82) is 0 Å². The number of hydrogen-bond donors (Lipinski definition) is 0. The first-order valence-electron chi connectivity index (χ1n) is 12.4. The number of halogens is 1. The van der Waals surface area contributed by atoms with Crippen molar-refractivity contribution in [1.82, 2.24) is 4.90 Å². The van der Waals surface area contributed by atoms with Crippen molar-refractivity contribution >= 4 is 50.5 Å². The lowest BCUT2D eigenvalue weighted by Gasteiger charge is -2.35. The number of rotatable bonds is 6. The van der Waals surface area contributed by atoms with Gasteiger partial charge in [-0.05, 0) is 87.9 Å². The van der Waals surface area contributed by atoms with Crippen molar-refractivity contribution in [2.24, 2.45) is 10.9 Å². The minimum atomic E-state index is 0.0500. The highest BCUT2D eigenvalue weighted by molar-refractivity contribution is 9.10. The van der Waals surface area contributed by atoms with Crippen LogP contribution in [0.3, 0.4) is 0 Å². The minimum Gasteiger partial charge on any atom is -0.488 e. The number of carbonyl (C=O) groups is 1. The van der Waals surface area contributed by atoms with Gasteiger partial charge in [0.2, 0.25) is 0 Å². The van der Waals surface area contributed by atoms with Crippen LogP contribution in [0.25, 0.3) is 6.08 Å². The molecule has 1 amide bonds. The fraction of sp³-hybridized carbons (Fsp3) is 0.267. The maximum Gasteiger partial charge on any atom is 0.267 e. The first-order chi connectivity index (χ1) is 17.6. The standard InChI is InChI=1S/C30H29BrN2O2S/c1-21-10-8-9-15-26(21)33-29(34)28(36-30(33)32-24-13-6-3-7-14-24)19-23-16-17-27(25(31)18-23)35-20-22-11-4-2-5-12-22/h2-7,11-14,16-19,21,26H,8-10,15,20H2,1H3/b28-19-,32-30?/t21-,26+/m1/s1. The van der Waals surface area contributed by atoms with E-state index in [1.807, 2.05) is 89.8 Å². The van der Waals surface area contributed by atoms with Gasteiger partial charge in [-0.2, -0.15) is 0 Å². The molecule has 0 spiro atoms. The zero-order chi connectivity index (χ0) is 24.9. The molecule has 1 saturated heterocycles. The van der Waals surface area contributed by atoms with Gasteiger partial charge in [-0.3, -0.25) is 9.69 Å². The normalized spacial score (nSPS) is 22.4. The molecule has 0 radical (unpaired) electrons. The molecule has 2 atom stereocenters. The summed E-state index contributed by atoms with van der Waals surface area (Å²) in [4.78, 5) is 21.2. The van der Waals surface area contributed by atoms with E-state index >= 15 is 0 Å². The highest BCUT2D eigenvalue weighted by atomic mass is 79.9. The molecule has 3 aromatic carbocycles. The van der Waals surface area contributed by atoms with E-state index in [2.05, 4.69) is 22.9 Å². The topological polar surface area (TPSA) is 41.9 Å². The molecule has 1 saturated carbocycles. The molecule has 0 unspecified atom stereocenters. The molecule has 3 aromatic rings. The fourth-order valence-electron chi connectivity index (χ4n) is 4.76. The molecular formula is C30H29BrN2O2S. The van der Waals surface area contributed by atoms with Gasteiger partial charge < -0.3 is 4.74 Å². The summed E-state index contributed by atoms with van der Waals surface area (Å²) in [5.41, 5.74) is 2.93. The van der Waals surface area contributed by atoms with Crippen molar-refractivity contribution in [3.63, 3.8) is 0 Å². The van der Waals surface area contributed by atoms with Gasteiger partial charge in [-0.1, -0.05) is 74.4 Å². The summed E-state index contributed by atoms with van der Waals surface area (Å²) in [6.07, 6.45) is 6.51. The first-order valence-corrected chi connectivity index (χ1v) is 14.0. The lowest BCUT2D eigenvalue weighted by molar-refractivity contribution is -0.124. The summed E-state index contributed by atoms with van der Waals surface area (Å²) < 4.78 is 6.85. The third-order valence-electron chi connectivity index (χ3n) is 6.71. The van der Waals surface area contributed by atoms with Crippen LogP contribution in [0.4, 0.5) is 5.69 Å². The Morgan fingerprint density at radius 2 is 1.75 bits per heavy atom. The van der Waals surface area contributed by atoms with Crippen LogP contribution in [-0.4, -0.2) is 22.0 Å². The van der Waals surface area contributed by atoms with Gasteiger partial charge in [0.1, 0.15) is 12.4 Å². The Hall–Kier alpha value is -2.83. The summed E-state index contributed by atoms with van der Waals surface area (Å²) in [6.45, 7) is 2.76. The van der Waals surface area contributed by atoms with Gasteiger partial charge in [0.25, 0.3) is 5.91 Å². The molecule has 6 heteroatoms. The van der Waals surface area contributed by atoms with E-state index in [0.717, 1.165) is 51.5 Å². The van der Waals surface area contributed by atoms with Crippen molar-refractivity contribution in [2.45, 2.75) is 45.3 Å². The van der Waals surface area contributed by atoms with E-state index in [1.165, 1.54) is 18.2 Å². The van der Waals surface area contributed by atoms with E-state index in [4.69, 9.17) is 9.73 Å². The molecule has 0 aromatic heterocycles. The zero-order valence-corrected chi connectivity index (χ0v) is 22.7. The summed E-state index contributed by atoms with van der Waals surface area (Å²) >= 11 is 5.11. The van der Waals surface area contributed by atoms with Crippen LogP contribution in [0.1, 0.15) is 43.7 Å². The Balaban J connectivity index is 1.39. The second-order valence-electron chi connectivity index (χ2n) is 9.31. The Bertz CT molecular complexity index is 1280. The number of amides is 1. The number of carbonyl (C=O) groups excluding carboxylic acids is 1. The Labute approximate surface area is 225 Å². The van der Waals surface area contributed by atoms with Crippen LogP contribution in [0.2, 0.25) is 0 Å². The van der Waals surface area contributed by atoms with Crippen LogP contribution in [0.15, 0.2) is 93.2 Å². The van der Waals surface area contributed by atoms with Crippen LogP contribution < -0.4 is 4.74 Å². The third-order valence-corrected chi connectivity index (χ3v) is 8.31. The Kier molecular flexibility index (Phi) is 7.93. The Morgan fingerprint density at radius 3 is 2.47 bits per heavy atom. The van der Waals surface area contributed by atoms with E-state index in [-0.39, 0.29) is 11.9 Å². The molecule has 1 heterocycles. The summed E-state index contributed by atoms with van der Waals surface area (Å²) in [5, 5.41) is 0.776. The summed E-state index contributed by atoms with van der Waals surface area (Å²) in [6, 6.07) is 26.1. The number of thioether (sulfide) groups is 1. The summed E-state index contributed by atoms with van der Waals surface area (Å²) in [5.74, 6) is 1.28. The second-order valence-corrected chi connectivity index (χ2v) is 11.2. The molecular weight excluding hydrogens is 532 g/mol. The van der Waals surface area contributed by atoms with Crippen LogP contribution in [-0.2, 0) is 11.4 Å². The van der Waals surface area contributed by atoms with Crippen molar-refractivity contribution in [2.75, 3.05) is 0 Å². The molecule has 1 aliphatic heterocycles. The molecule has 4 nitrogen and oxygen atoms in total. The van der Waals surface area contributed by atoms with Crippen molar-refractivity contribution in [3.05, 3.63) is 99.4 Å². The number of benzene rings is 3. The largest absolute Gasteiger partial charge is 0.488 e. The first kappa shape index (κ1) is 24.8. The molecule has 2 aliphatic rings. The molecule has 36 heavy (non-hydrogen) atoms. The molecule has 1 aliphatic carbocycles. The predicted molar refractivity (Wildman–Crippen MR) is 152 cm³/mol. The van der Waals surface area contributed by atoms with E-state index in [9.17, 15) is 4.79 Å². The number of amidine groups is 1. The molecule has 2 fully saturated rings.